The van der Waals surface area contributed by atoms with Crippen LogP contribution in [0.5, 0.6) is 0 Å². The number of carbonyl (C=O) groups is 2. The molecular weight excluding hydrogens is 428 g/mol. The van der Waals surface area contributed by atoms with E-state index in [0.29, 0.717) is 29.1 Å². The zero-order valence-corrected chi connectivity index (χ0v) is 18.9. The molecule has 9 nitrogen and oxygen atoms in total. The monoisotopic (exact) mass is 454 g/mol. The van der Waals surface area contributed by atoms with Crippen molar-refractivity contribution < 1.29 is 9.59 Å². The summed E-state index contributed by atoms with van der Waals surface area (Å²) in [5, 5.41) is 6.24. The maximum Gasteiger partial charge on any atom is 0.273 e. The highest BCUT2D eigenvalue weighted by atomic mass is 32.1. The highest BCUT2D eigenvalue weighted by molar-refractivity contribution is 7.22. The number of hydrogen-bond donors (Lipinski definition) is 2. The van der Waals surface area contributed by atoms with Crippen LogP contribution in [0.2, 0.25) is 0 Å². The number of aromatic nitrogens is 3. The van der Waals surface area contributed by atoms with Crippen LogP contribution in [-0.4, -0.2) is 46.5 Å². The first-order valence-corrected chi connectivity index (χ1v) is 11.5. The molecular formula is C22H26N6O3S. The molecule has 32 heavy (non-hydrogen) atoms. The number of anilines is 2. The van der Waals surface area contributed by atoms with E-state index in [1.165, 1.54) is 27.8 Å². The lowest BCUT2D eigenvalue weighted by molar-refractivity contribution is -0.125. The minimum Gasteiger partial charge on any atom is -0.359 e. The third-order valence-corrected chi connectivity index (χ3v) is 6.81. The highest BCUT2D eigenvalue weighted by Gasteiger charge is 2.26. The molecule has 3 heterocycles. The second kappa shape index (κ2) is 9.47. The van der Waals surface area contributed by atoms with Crippen LogP contribution in [0.1, 0.15) is 25.3 Å². The summed E-state index contributed by atoms with van der Waals surface area (Å²) in [7, 11) is 1.65. The van der Waals surface area contributed by atoms with E-state index in [-0.39, 0.29) is 29.8 Å². The number of thiazole rings is 1. The number of rotatable bonds is 6. The number of nitrogens with one attached hydrogen (secondary N) is 2. The zero-order valence-electron chi connectivity index (χ0n) is 18.1. The van der Waals surface area contributed by atoms with E-state index >= 15 is 0 Å². The van der Waals surface area contributed by atoms with Crippen molar-refractivity contribution in [2.45, 2.75) is 32.7 Å². The van der Waals surface area contributed by atoms with Crippen molar-refractivity contribution in [3.63, 3.8) is 0 Å². The molecule has 0 radical (unpaired) electrons. The average molecular weight is 455 g/mol. The van der Waals surface area contributed by atoms with Crippen molar-refractivity contribution in [1.29, 1.82) is 0 Å². The summed E-state index contributed by atoms with van der Waals surface area (Å²) in [4.78, 5) is 48.1. The van der Waals surface area contributed by atoms with Gasteiger partial charge in [-0.3, -0.25) is 19.0 Å². The normalized spacial score (nSPS) is 14.5. The SMILES string of the molecule is CCc1ccc(NC(=O)Cn2cnc3nc(N4CCC(C(=O)NC)CC4)sc3c2=O)cc1. The van der Waals surface area contributed by atoms with Gasteiger partial charge in [0.25, 0.3) is 5.56 Å². The van der Waals surface area contributed by atoms with E-state index < -0.39 is 0 Å². The van der Waals surface area contributed by atoms with Gasteiger partial charge in [-0.15, -0.1) is 0 Å². The number of piperidine rings is 1. The predicted molar refractivity (Wildman–Crippen MR) is 125 cm³/mol. The van der Waals surface area contributed by atoms with E-state index in [2.05, 4.69) is 32.4 Å². The van der Waals surface area contributed by atoms with Gasteiger partial charge in [0, 0.05) is 31.7 Å². The van der Waals surface area contributed by atoms with Crippen LogP contribution < -0.4 is 21.1 Å². The fourth-order valence-corrected chi connectivity index (χ4v) is 4.82. The van der Waals surface area contributed by atoms with Crippen LogP contribution in [0.25, 0.3) is 10.3 Å². The van der Waals surface area contributed by atoms with Crippen LogP contribution in [0.15, 0.2) is 35.4 Å². The molecule has 0 aliphatic carbocycles. The maximum absolute atomic E-state index is 12.9. The summed E-state index contributed by atoms with van der Waals surface area (Å²) in [6.45, 7) is 3.35. The lowest BCUT2D eigenvalue weighted by Gasteiger charge is -2.30. The summed E-state index contributed by atoms with van der Waals surface area (Å²) in [6.07, 6.45) is 3.78. The van der Waals surface area contributed by atoms with E-state index in [0.717, 1.165) is 24.4 Å². The quantitative estimate of drug-likeness (QED) is 0.590. The predicted octanol–water partition coefficient (Wildman–Crippen LogP) is 2.02. The van der Waals surface area contributed by atoms with Gasteiger partial charge in [0.05, 0.1) is 0 Å². The Bertz CT molecular complexity index is 1180. The first-order chi connectivity index (χ1) is 15.5. The van der Waals surface area contributed by atoms with Crippen molar-refractivity contribution in [3.05, 3.63) is 46.5 Å². The first-order valence-electron chi connectivity index (χ1n) is 10.7. The van der Waals surface area contributed by atoms with Gasteiger partial charge >= 0.3 is 0 Å². The molecule has 10 heteroatoms. The molecule has 4 rings (SSSR count). The molecule has 0 unspecified atom stereocenters. The van der Waals surface area contributed by atoms with Gasteiger partial charge in [0.1, 0.15) is 17.6 Å². The van der Waals surface area contributed by atoms with Gasteiger partial charge < -0.3 is 15.5 Å². The Morgan fingerprint density at radius 3 is 2.56 bits per heavy atom. The second-order valence-electron chi connectivity index (χ2n) is 7.80. The molecule has 2 N–H and O–H groups in total. The second-order valence-corrected chi connectivity index (χ2v) is 8.78. The number of benzene rings is 1. The molecule has 0 bridgehead atoms. The van der Waals surface area contributed by atoms with Gasteiger partial charge in [-0.1, -0.05) is 30.4 Å². The largest absolute Gasteiger partial charge is 0.359 e. The van der Waals surface area contributed by atoms with E-state index in [9.17, 15) is 14.4 Å². The number of nitrogens with zero attached hydrogens (tertiary/aromatic N) is 4. The number of carbonyl (C=O) groups excluding carboxylic acids is 2. The Morgan fingerprint density at radius 1 is 1.19 bits per heavy atom. The molecule has 1 fully saturated rings. The van der Waals surface area contributed by atoms with Crippen molar-refractivity contribution in [2.24, 2.45) is 5.92 Å². The van der Waals surface area contributed by atoms with Crippen LogP contribution >= 0.6 is 11.3 Å². The molecule has 1 aromatic carbocycles. The minimum atomic E-state index is -0.293. The van der Waals surface area contributed by atoms with Gasteiger partial charge in [-0.2, -0.15) is 4.98 Å². The van der Waals surface area contributed by atoms with Crippen molar-refractivity contribution in [3.8, 4) is 0 Å². The maximum atomic E-state index is 12.9. The van der Waals surface area contributed by atoms with Crippen molar-refractivity contribution in [2.75, 3.05) is 30.4 Å². The Labute approximate surface area is 189 Å². The summed E-state index contributed by atoms with van der Waals surface area (Å²) < 4.78 is 1.73. The van der Waals surface area contributed by atoms with E-state index in [1.54, 1.807) is 7.05 Å². The smallest absolute Gasteiger partial charge is 0.273 e. The zero-order chi connectivity index (χ0) is 22.7. The molecule has 0 spiro atoms. The van der Waals surface area contributed by atoms with Crippen molar-refractivity contribution >= 4 is 44.3 Å². The van der Waals surface area contributed by atoms with Gasteiger partial charge in [0.15, 0.2) is 10.8 Å². The van der Waals surface area contributed by atoms with Gasteiger partial charge in [0.2, 0.25) is 11.8 Å². The Morgan fingerprint density at radius 2 is 1.91 bits per heavy atom. The molecule has 2 aromatic heterocycles. The lowest BCUT2D eigenvalue weighted by atomic mass is 9.96. The molecule has 1 saturated heterocycles. The van der Waals surface area contributed by atoms with Crippen LogP contribution in [0.4, 0.5) is 10.8 Å². The third kappa shape index (κ3) is 4.64. The summed E-state index contributed by atoms with van der Waals surface area (Å²) >= 11 is 1.28. The fourth-order valence-electron chi connectivity index (χ4n) is 3.80. The van der Waals surface area contributed by atoms with E-state index in [1.807, 2.05) is 24.3 Å². The molecule has 2 amide bonds. The topological polar surface area (TPSA) is 109 Å². The van der Waals surface area contributed by atoms with E-state index in [4.69, 9.17) is 0 Å². The highest BCUT2D eigenvalue weighted by Crippen LogP contribution is 2.29. The molecule has 168 valence electrons. The standard InChI is InChI=1S/C22H26N6O3S/c1-3-14-4-6-16(7-5-14)25-17(29)12-28-13-24-19-18(21(28)31)32-22(26-19)27-10-8-15(9-11-27)20(30)23-2/h4-7,13,15H,3,8-12H2,1-2H3,(H,23,30)(H,25,29). The van der Waals surface area contributed by atoms with Crippen LogP contribution in [0.3, 0.4) is 0 Å². The molecule has 0 saturated carbocycles. The lowest BCUT2D eigenvalue weighted by Crippen LogP contribution is -2.39. The Hall–Kier alpha value is -3.27. The van der Waals surface area contributed by atoms with Gasteiger partial charge in [-0.05, 0) is 37.0 Å². The summed E-state index contributed by atoms with van der Waals surface area (Å²) in [5.41, 5.74) is 1.98. The third-order valence-electron chi connectivity index (χ3n) is 5.72. The molecule has 3 aromatic rings. The molecule has 1 aliphatic rings. The average Bonchev–Trinajstić information content (AvgIpc) is 3.26. The number of fused-ring (bicyclic) bond motifs is 1. The first kappa shape index (κ1) is 21.9. The van der Waals surface area contributed by atoms with Crippen LogP contribution in [0, 0.1) is 5.92 Å². The number of aryl methyl sites for hydroxylation is 1. The van der Waals surface area contributed by atoms with Crippen molar-refractivity contribution in [1.82, 2.24) is 19.9 Å². The van der Waals surface area contributed by atoms with Crippen LogP contribution in [-0.2, 0) is 22.6 Å². The Kier molecular flexibility index (Phi) is 6.50. The minimum absolute atomic E-state index is 0.0117. The molecule has 0 atom stereocenters. The number of hydrogen-bond acceptors (Lipinski definition) is 7. The van der Waals surface area contributed by atoms with Gasteiger partial charge in [-0.25, -0.2) is 4.98 Å². The fraction of sp³-hybridized carbons (Fsp3) is 0.409. The summed E-state index contributed by atoms with van der Waals surface area (Å²) in [5.74, 6) is -0.214. The number of amides is 2. The molecule has 1 aliphatic heterocycles. The Balaban J connectivity index is 1.45. The summed E-state index contributed by atoms with van der Waals surface area (Å²) in [6, 6.07) is 7.63.